The summed E-state index contributed by atoms with van der Waals surface area (Å²) in [5.74, 6) is -0.302. The van der Waals surface area contributed by atoms with E-state index in [4.69, 9.17) is 0 Å². The molecule has 3 atom stereocenters. The van der Waals surface area contributed by atoms with Gasteiger partial charge in [-0.1, -0.05) is 30.3 Å². The quantitative estimate of drug-likeness (QED) is 0.874. The van der Waals surface area contributed by atoms with Gasteiger partial charge in [0.1, 0.15) is 6.04 Å². The normalized spacial score (nSPS) is 23.6. The maximum atomic E-state index is 12.8. The number of allylic oxidation sites excluding steroid dienone is 2. The van der Waals surface area contributed by atoms with Crippen molar-refractivity contribution in [3.8, 4) is 6.07 Å². The molecule has 0 spiro atoms. The van der Waals surface area contributed by atoms with Gasteiger partial charge in [0.2, 0.25) is 5.91 Å². The molecule has 1 aromatic carbocycles. The van der Waals surface area contributed by atoms with Crippen molar-refractivity contribution in [3.05, 3.63) is 71.6 Å². The molecule has 0 radical (unpaired) electrons. The molecule has 28 heavy (non-hydrogen) atoms. The lowest BCUT2D eigenvalue weighted by atomic mass is 9.75. The molecule has 0 saturated carbocycles. The van der Waals surface area contributed by atoms with Gasteiger partial charge in [-0.15, -0.1) is 0 Å². The lowest BCUT2D eigenvalue weighted by molar-refractivity contribution is -0.146. The molecule has 2 aliphatic rings. The Morgan fingerprint density at radius 2 is 1.96 bits per heavy atom. The van der Waals surface area contributed by atoms with E-state index in [1.165, 1.54) is 17.6 Å². The number of pyridine rings is 1. The van der Waals surface area contributed by atoms with Gasteiger partial charge < -0.3 is 10.0 Å². The van der Waals surface area contributed by atoms with E-state index in [0.29, 0.717) is 0 Å². The van der Waals surface area contributed by atoms with E-state index < -0.39 is 6.04 Å². The van der Waals surface area contributed by atoms with Gasteiger partial charge in [0.05, 0.1) is 25.1 Å². The van der Waals surface area contributed by atoms with Crippen LogP contribution in [-0.2, 0) is 11.2 Å². The Hall–Kier alpha value is -2.97. The summed E-state index contributed by atoms with van der Waals surface area (Å²) in [6, 6.07) is 13.2. The summed E-state index contributed by atoms with van der Waals surface area (Å²) in [7, 11) is 0. The molecule has 1 amide bonds. The third-order valence-electron chi connectivity index (χ3n) is 5.83. The van der Waals surface area contributed by atoms with Crippen LogP contribution in [0.2, 0.25) is 0 Å². The number of amides is 1. The Kier molecular flexibility index (Phi) is 5.23. The second-order valence-electron chi connectivity index (χ2n) is 7.43. The zero-order valence-corrected chi connectivity index (χ0v) is 15.7. The smallest absolute Gasteiger partial charge is 0.228 e. The zero-order chi connectivity index (χ0) is 19.5. The highest BCUT2D eigenvalue weighted by Crippen LogP contribution is 2.41. The van der Waals surface area contributed by atoms with Crippen molar-refractivity contribution < 1.29 is 9.90 Å². The van der Waals surface area contributed by atoms with Crippen molar-refractivity contribution >= 4 is 11.5 Å². The van der Waals surface area contributed by atoms with Crippen LogP contribution in [0, 0.1) is 11.3 Å². The molecule has 5 heteroatoms. The predicted octanol–water partition coefficient (Wildman–Crippen LogP) is 3.07. The van der Waals surface area contributed by atoms with Crippen LogP contribution in [0.15, 0.2) is 54.9 Å². The van der Waals surface area contributed by atoms with Crippen LogP contribution in [0.25, 0.3) is 5.57 Å². The summed E-state index contributed by atoms with van der Waals surface area (Å²) in [5.41, 5.74) is 4.46. The van der Waals surface area contributed by atoms with E-state index in [2.05, 4.69) is 29.3 Å². The molecule has 0 bridgehead atoms. The summed E-state index contributed by atoms with van der Waals surface area (Å²) in [6.07, 6.45) is 9.24. The average molecular weight is 373 g/mol. The van der Waals surface area contributed by atoms with Crippen LogP contribution >= 0.6 is 0 Å². The number of carbonyl (C=O) groups is 1. The van der Waals surface area contributed by atoms with Gasteiger partial charge in [-0.2, -0.15) is 5.26 Å². The first-order valence-corrected chi connectivity index (χ1v) is 9.73. The highest BCUT2D eigenvalue weighted by molar-refractivity contribution is 5.81. The molecule has 1 N–H and O–H groups in total. The molecule has 1 fully saturated rings. The fraction of sp³-hybridized carbons (Fsp3) is 0.348. The van der Waals surface area contributed by atoms with E-state index in [-0.39, 0.29) is 30.9 Å². The van der Waals surface area contributed by atoms with Crippen LogP contribution in [0.5, 0.6) is 0 Å². The first kappa shape index (κ1) is 18.4. The van der Waals surface area contributed by atoms with Crippen molar-refractivity contribution in [2.24, 2.45) is 0 Å². The molecule has 142 valence electrons. The average Bonchev–Trinajstić information content (AvgIpc) is 3.24. The van der Waals surface area contributed by atoms with Gasteiger partial charge in [0.15, 0.2) is 0 Å². The van der Waals surface area contributed by atoms with E-state index in [9.17, 15) is 15.2 Å². The first-order chi connectivity index (χ1) is 13.7. The van der Waals surface area contributed by atoms with Gasteiger partial charge >= 0.3 is 0 Å². The first-order valence-electron chi connectivity index (χ1n) is 9.73. The van der Waals surface area contributed by atoms with Crippen LogP contribution in [0.1, 0.15) is 41.9 Å². The molecule has 1 aromatic heterocycles. The van der Waals surface area contributed by atoms with Crippen molar-refractivity contribution in [2.45, 2.75) is 43.7 Å². The molecule has 0 unspecified atom stereocenters. The number of aliphatic hydroxyl groups is 1. The molecule has 5 nitrogen and oxygen atoms in total. The van der Waals surface area contributed by atoms with Crippen LogP contribution in [-0.4, -0.2) is 39.6 Å². The number of hydrogen-bond acceptors (Lipinski definition) is 4. The van der Waals surface area contributed by atoms with Crippen molar-refractivity contribution in [2.75, 3.05) is 6.61 Å². The predicted molar refractivity (Wildman–Crippen MR) is 106 cm³/mol. The SMILES string of the molecule is N#C[C@@H]1[C@H](c2ccc(C3=CCCC3)cc2)[C@H](CO)N1C(=O)Cc1ccncc1. The molecule has 2 heterocycles. The molecule has 2 aromatic rings. The van der Waals surface area contributed by atoms with Crippen LogP contribution in [0.4, 0.5) is 0 Å². The topological polar surface area (TPSA) is 77.2 Å². The Balaban J connectivity index is 1.52. The lowest BCUT2D eigenvalue weighted by Gasteiger charge is -2.51. The Morgan fingerprint density at radius 3 is 2.57 bits per heavy atom. The van der Waals surface area contributed by atoms with E-state index in [0.717, 1.165) is 24.0 Å². The van der Waals surface area contributed by atoms with E-state index in [1.807, 2.05) is 12.1 Å². The summed E-state index contributed by atoms with van der Waals surface area (Å²) in [4.78, 5) is 18.3. The standard InChI is InChI=1S/C23H23N3O2/c24-14-20-23(19-7-5-18(6-8-19)17-3-1-2-4-17)21(15-27)26(20)22(28)13-16-9-11-25-12-10-16/h3,5-12,20-21,23,27H,1-2,4,13,15H2/t20-,21+,23+/m1/s1. The molecular weight excluding hydrogens is 350 g/mol. The van der Waals surface area contributed by atoms with Crippen molar-refractivity contribution in [1.82, 2.24) is 9.88 Å². The second-order valence-corrected chi connectivity index (χ2v) is 7.43. The third-order valence-corrected chi connectivity index (χ3v) is 5.83. The van der Waals surface area contributed by atoms with E-state index in [1.54, 1.807) is 29.4 Å². The highest BCUT2D eigenvalue weighted by Gasteiger charge is 2.51. The van der Waals surface area contributed by atoms with Crippen molar-refractivity contribution in [1.29, 1.82) is 5.26 Å². The third kappa shape index (κ3) is 3.32. The van der Waals surface area contributed by atoms with Gasteiger partial charge in [-0.05, 0) is 53.7 Å². The molecule has 4 rings (SSSR count). The summed E-state index contributed by atoms with van der Waals surface area (Å²) in [5, 5.41) is 19.6. The fourth-order valence-corrected chi connectivity index (χ4v) is 4.37. The summed E-state index contributed by atoms with van der Waals surface area (Å²) in [6.45, 7) is -0.155. The largest absolute Gasteiger partial charge is 0.394 e. The Morgan fingerprint density at radius 1 is 1.21 bits per heavy atom. The van der Waals surface area contributed by atoms with Crippen LogP contribution in [0.3, 0.4) is 0 Å². The maximum Gasteiger partial charge on any atom is 0.228 e. The van der Waals surface area contributed by atoms with Gasteiger partial charge in [0, 0.05) is 18.3 Å². The minimum atomic E-state index is -0.553. The van der Waals surface area contributed by atoms with Gasteiger partial charge in [-0.25, -0.2) is 0 Å². The second kappa shape index (κ2) is 7.95. The molecule has 1 aliphatic heterocycles. The summed E-state index contributed by atoms with van der Waals surface area (Å²) >= 11 is 0. The number of nitrogens with zero attached hydrogens (tertiary/aromatic N) is 3. The minimum absolute atomic E-state index is 0.138. The number of nitriles is 1. The van der Waals surface area contributed by atoms with E-state index >= 15 is 0 Å². The lowest BCUT2D eigenvalue weighted by Crippen LogP contribution is -2.65. The maximum absolute atomic E-state index is 12.8. The Labute approximate surface area is 164 Å². The van der Waals surface area contributed by atoms with Gasteiger partial charge in [-0.3, -0.25) is 9.78 Å². The molecule has 1 aliphatic carbocycles. The number of aliphatic hydroxyl groups excluding tert-OH is 1. The number of hydrogen-bond donors (Lipinski definition) is 1. The Bertz CT molecular complexity index is 915. The number of likely N-dealkylation sites (tertiary alicyclic amines) is 1. The molecular formula is C23H23N3O2. The zero-order valence-electron chi connectivity index (χ0n) is 15.7. The number of carbonyl (C=O) groups excluding carboxylic acids is 1. The van der Waals surface area contributed by atoms with Crippen molar-refractivity contribution in [3.63, 3.8) is 0 Å². The monoisotopic (exact) mass is 373 g/mol. The number of rotatable bonds is 5. The fourth-order valence-electron chi connectivity index (χ4n) is 4.37. The molecule has 1 saturated heterocycles. The van der Waals surface area contributed by atoms with Gasteiger partial charge in [0.25, 0.3) is 0 Å². The number of benzene rings is 1. The highest BCUT2D eigenvalue weighted by atomic mass is 16.3. The van der Waals surface area contributed by atoms with Crippen LogP contribution < -0.4 is 0 Å². The summed E-state index contributed by atoms with van der Waals surface area (Å²) < 4.78 is 0. The minimum Gasteiger partial charge on any atom is -0.394 e. The number of aromatic nitrogens is 1.